The molecule has 8 nitrogen and oxygen atoms in total. The highest BCUT2D eigenvalue weighted by Gasteiger charge is 2.28. The van der Waals surface area contributed by atoms with Gasteiger partial charge in [-0.3, -0.25) is 9.78 Å². The Kier molecular flexibility index (Phi) is 7.68. The number of H-pyrrole nitrogens is 1. The molecule has 0 aliphatic heterocycles. The quantitative estimate of drug-likeness (QED) is 0.417. The van der Waals surface area contributed by atoms with Gasteiger partial charge in [-0.1, -0.05) is 6.07 Å². The summed E-state index contributed by atoms with van der Waals surface area (Å²) in [6.45, 7) is 4.02. The number of halogens is 3. The van der Waals surface area contributed by atoms with Crippen LogP contribution < -0.4 is 21.9 Å². The first-order valence-electron chi connectivity index (χ1n) is 8.75. The minimum atomic E-state index is -1.06. The molecule has 2 rings (SSSR count). The average molecular weight is 474 g/mol. The fourth-order valence-electron chi connectivity index (χ4n) is 2.41. The Bertz CT molecular complexity index is 936. The van der Waals surface area contributed by atoms with Crippen LogP contribution in [0.25, 0.3) is 0 Å². The van der Waals surface area contributed by atoms with E-state index in [0.717, 1.165) is 12.1 Å². The smallest absolute Gasteiger partial charge is 0.312 e. The van der Waals surface area contributed by atoms with Crippen molar-refractivity contribution in [3.05, 3.63) is 55.9 Å². The van der Waals surface area contributed by atoms with Gasteiger partial charge in [0.1, 0.15) is 21.7 Å². The molecule has 11 heteroatoms. The van der Waals surface area contributed by atoms with Gasteiger partial charge in [-0.15, -0.1) is 0 Å². The zero-order valence-electron chi connectivity index (χ0n) is 15.9. The normalized spacial score (nSPS) is 11.3. The Balaban J connectivity index is 2.10. The lowest BCUT2D eigenvalue weighted by atomic mass is 10.0. The highest BCUT2D eigenvalue weighted by atomic mass is 79.9. The van der Waals surface area contributed by atoms with Crippen molar-refractivity contribution in [2.24, 2.45) is 5.73 Å². The number of hydrogen-bond donors (Lipinski definition) is 4. The van der Waals surface area contributed by atoms with Gasteiger partial charge in [0.05, 0.1) is 12.3 Å². The van der Waals surface area contributed by atoms with Crippen LogP contribution in [0.4, 0.5) is 19.5 Å². The second kappa shape index (κ2) is 9.79. The lowest BCUT2D eigenvalue weighted by molar-refractivity contribution is -0.0384. The van der Waals surface area contributed by atoms with Crippen molar-refractivity contribution >= 4 is 27.9 Å². The zero-order chi connectivity index (χ0) is 21.6. The number of aromatic nitrogens is 2. The summed E-state index contributed by atoms with van der Waals surface area (Å²) in [5.74, 6) is -1.17. The molecule has 29 heavy (non-hydrogen) atoms. The van der Waals surface area contributed by atoms with Crippen molar-refractivity contribution in [1.29, 1.82) is 0 Å². The van der Waals surface area contributed by atoms with E-state index in [9.17, 15) is 18.4 Å². The summed E-state index contributed by atoms with van der Waals surface area (Å²) < 4.78 is 32.9. The van der Waals surface area contributed by atoms with E-state index in [1.54, 1.807) is 13.8 Å². The highest BCUT2D eigenvalue weighted by Crippen LogP contribution is 2.29. The lowest BCUT2D eigenvalue weighted by Gasteiger charge is -2.26. The molecule has 5 N–H and O–H groups in total. The van der Waals surface area contributed by atoms with E-state index in [0.29, 0.717) is 25.2 Å². The molecule has 0 saturated heterocycles. The van der Waals surface area contributed by atoms with Crippen molar-refractivity contribution in [3.8, 4) is 0 Å². The Morgan fingerprint density at radius 3 is 2.72 bits per heavy atom. The number of primary amides is 1. The molecule has 0 aliphatic carbocycles. The van der Waals surface area contributed by atoms with Gasteiger partial charge in [-0.05, 0) is 42.3 Å². The van der Waals surface area contributed by atoms with Gasteiger partial charge >= 0.3 is 6.03 Å². The molecule has 1 heterocycles. The van der Waals surface area contributed by atoms with Crippen LogP contribution in [0.3, 0.4) is 0 Å². The van der Waals surface area contributed by atoms with Crippen LogP contribution in [-0.4, -0.2) is 29.1 Å². The Labute approximate surface area is 174 Å². The predicted molar refractivity (Wildman–Crippen MR) is 107 cm³/mol. The average Bonchev–Trinajstić information content (AvgIpc) is 2.63. The van der Waals surface area contributed by atoms with Crippen molar-refractivity contribution in [2.45, 2.75) is 32.5 Å². The summed E-state index contributed by atoms with van der Waals surface area (Å²) in [5.41, 5.74) is 4.00. The first-order chi connectivity index (χ1) is 13.6. The molecule has 0 saturated carbocycles. The predicted octanol–water partition coefficient (Wildman–Crippen LogP) is 2.73. The minimum absolute atomic E-state index is 0.137. The van der Waals surface area contributed by atoms with Crippen LogP contribution in [0, 0.1) is 11.6 Å². The number of rotatable bonds is 9. The second-order valence-corrected chi connectivity index (χ2v) is 7.48. The van der Waals surface area contributed by atoms with Crippen molar-refractivity contribution in [2.75, 3.05) is 18.4 Å². The molecule has 1 aromatic carbocycles. The molecule has 1 aromatic heterocycles. The number of urea groups is 1. The first kappa shape index (κ1) is 22.8. The van der Waals surface area contributed by atoms with Gasteiger partial charge in [-0.25, -0.2) is 18.6 Å². The van der Waals surface area contributed by atoms with Gasteiger partial charge in [0.2, 0.25) is 5.95 Å². The summed E-state index contributed by atoms with van der Waals surface area (Å²) in [6.07, 6.45) is 0.557. The number of aromatic amines is 1. The van der Waals surface area contributed by atoms with Gasteiger partial charge in [0.15, 0.2) is 0 Å². The van der Waals surface area contributed by atoms with Gasteiger partial charge in [0.25, 0.3) is 5.56 Å². The number of anilines is 1. The number of benzene rings is 1. The molecule has 0 radical (unpaired) electrons. The fraction of sp³-hybridized carbons (Fsp3) is 0.389. The number of nitrogens with two attached hydrogens (primary N) is 1. The zero-order valence-corrected chi connectivity index (χ0v) is 17.5. The summed E-state index contributed by atoms with van der Waals surface area (Å²) >= 11 is 3.21. The molecule has 2 amide bonds. The molecule has 0 aliphatic rings. The van der Waals surface area contributed by atoms with Crippen LogP contribution in [0.1, 0.15) is 31.5 Å². The largest absolute Gasteiger partial charge is 0.364 e. The van der Waals surface area contributed by atoms with E-state index in [1.807, 2.05) is 0 Å². The van der Waals surface area contributed by atoms with E-state index >= 15 is 0 Å². The van der Waals surface area contributed by atoms with Crippen LogP contribution in [-0.2, 0) is 16.9 Å². The van der Waals surface area contributed by atoms with Crippen LogP contribution in [0.15, 0.2) is 27.5 Å². The number of ether oxygens (including phenoxy) is 1. The standard InChI is InChI=1S/C18H22BrF2N5O3/c1-18(2,29-9-10-4-5-11(20)8-12(10)21)14-13(19)15(27)26-17(25-14)24-7-3-6-23-16(22)28/h4-5,8H,3,6-7,9H2,1-2H3,(H3,22,23,28)(H2,24,25,26,27). The molecule has 0 spiro atoms. The van der Waals surface area contributed by atoms with Crippen LogP contribution in [0.2, 0.25) is 0 Å². The van der Waals surface area contributed by atoms with Crippen molar-refractivity contribution in [3.63, 3.8) is 0 Å². The third-order valence-electron chi connectivity index (χ3n) is 3.98. The summed E-state index contributed by atoms with van der Waals surface area (Å²) in [7, 11) is 0. The number of amides is 2. The molecule has 0 unspecified atom stereocenters. The topological polar surface area (TPSA) is 122 Å². The summed E-state index contributed by atoms with van der Waals surface area (Å²) in [4.78, 5) is 29.8. The Morgan fingerprint density at radius 1 is 1.34 bits per heavy atom. The third kappa shape index (κ3) is 6.50. The Morgan fingerprint density at radius 2 is 2.07 bits per heavy atom. The maximum absolute atomic E-state index is 13.8. The molecule has 2 aromatic rings. The molecular weight excluding hydrogens is 452 g/mol. The van der Waals surface area contributed by atoms with E-state index in [1.165, 1.54) is 6.07 Å². The minimum Gasteiger partial charge on any atom is -0.364 e. The maximum Gasteiger partial charge on any atom is 0.312 e. The van der Waals surface area contributed by atoms with Crippen LogP contribution in [0.5, 0.6) is 0 Å². The number of hydrogen-bond acceptors (Lipinski definition) is 5. The molecule has 0 fully saturated rings. The van der Waals surface area contributed by atoms with E-state index in [-0.39, 0.29) is 22.6 Å². The van der Waals surface area contributed by atoms with Crippen molar-refractivity contribution < 1.29 is 18.3 Å². The summed E-state index contributed by atoms with van der Waals surface area (Å²) in [5, 5.41) is 5.40. The van der Waals surface area contributed by atoms with E-state index in [2.05, 4.69) is 36.5 Å². The number of carbonyl (C=O) groups is 1. The van der Waals surface area contributed by atoms with E-state index in [4.69, 9.17) is 10.5 Å². The maximum atomic E-state index is 13.8. The van der Waals surface area contributed by atoms with Gasteiger partial charge in [-0.2, -0.15) is 0 Å². The molecule has 0 bridgehead atoms. The lowest BCUT2D eigenvalue weighted by Crippen LogP contribution is -2.31. The molecular formula is C18H22BrF2N5O3. The number of carbonyl (C=O) groups excluding carboxylic acids is 1. The Hall–Kier alpha value is -2.53. The monoisotopic (exact) mass is 473 g/mol. The van der Waals surface area contributed by atoms with Crippen LogP contribution >= 0.6 is 15.9 Å². The second-order valence-electron chi connectivity index (χ2n) is 6.68. The van der Waals surface area contributed by atoms with E-state index < -0.39 is 28.8 Å². The number of nitrogens with zero attached hydrogens (tertiary/aromatic N) is 1. The van der Waals surface area contributed by atoms with Gasteiger partial charge < -0.3 is 21.1 Å². The molecule has 0 atom stereocenters. The van der Waals surface area contributed by atoms with Gasteiger partial charge in [0, 0.05) is 24.7 Å². The fourth-order valence-corrected chi connectivity index (χ4v) is 3.08. The number of nitrogens with one attached hydrogen (secondary N) is 3. The summed E-state index contributed by atoms with van der Waals surface area (Å²) in [6, 6.07) is 2.61. The third-order valence-corrected chi connectivity index (χ3v) is 4.72. The SMILES string of the molecule is CC(C)(OCc1ccc(F)cc1F)c1nc(NCCCNC(N)=O)[nH]c(=O)c1Br. The van der Waals surface area contributed by atoms with Crippen molar-refractivity contribution in [1.82, 2.24) is 15.3 Å². The first-order valence-corrected chi connectivity index (χ1v) is 9.55. The molecule has 158 valence electrons. The highest BCUT2D eigenvalue weighted by molar-refractivity contribution is 9.10.